The van der Waals surface area contributed by atoms with Crippen LogP contribution in [0, 0.1) is 17.7 Å². The van der Waals surface area contributed by atoms with E-state index in [1.807, 2.05) is 0 Å². The van der Waals surface area contributed by atoms with Gasteiger partial charge in [0.05, 0.1) is 0 Å². The zero-order valence-corrected chi connectivity index (χ0v) is 13.9. The zero-order chi connectivity index (χ0) is 15.2. The molecule has 0 heterocycles. The predicted molar refractivity (Wildman–Crippen MR) is 88.3 cm³/mol. The first-order chi connectivity index (χ1) is 10.1. The molecule has 1 N–H and O–H groups in total. The van der Waals surface area contributed by atoms with Crippen molar-refractivity contribution >= 4 is 11.6 Å². The van der Waals surface area contributed by atoms with Crippen LogP contribution in [0.1, 0.15) is 51.5 Å². The van der Waals surface area contributed by atoms with Crippen LogP contribution in [0.2, 0.25) is 5.02 Å². The summed E-state index contributed by atoms with van der Waals surface area (Å²) in [5.74, 6) is 1.36. The van der Waals surface area contributed by atoms with Crippen molar-refractivity contribution in [2.45, 2.75) is 58.4 Å². The topological polar surface area (TPSA) is 12.0 Å². The standard InChI is InChI=1S/C18H27ClFN/c1-3-13-6-5-7-14(10-13)18(21-4-2)12-15-11-16(19)8-9-17(15)20/h8-9,11,13-14,18,21H,3-7,10,12H2,1-2H3. The molecule has 118 valence electrons. The number of halogens is 2. The molecule has 0 spiro atoms. The fourth-order valence-corrected chi connectivity index (χ4v) is 3.87. The molecule has 3 heteroatoms. The Hall–Kier alpha value is -0.600. The maximum Gasteiger partial charge on any atom is 0.126 e. The highest BCUT2D eigenvalue weighted by Gasteiger charge is 2.28. The molecule has 0 radical (unpaired) electrons. The molecule has 0 bridgehead atoms. The second kappa shape index (κ2) is 8.14. The van der Waals surface area contributed by atoms with Crippen molar-refractivity contribution < 1.29 is 4.39 Å². The van der Waals surface area contributed by atoms with Crippen LogP contribution in [0.4, 0.5) is 4.39 Å². The predicted octanol–water partition coefficient (Wildman–Crippen LogP) is 5.22. The summed E-state index contributed by atoms with van der Waals surface area (Å²) in [6.45, 7) is 5.34. The maximum atomic E-state index is 14.0. The van der Waals surface area contributed by atoms with Gasteiger partial charge in [-0.05, 0) is 61.4 Å². The molecule has 21 heavy (non-hydrogen) atoms. The van der Waals surface area contributed by atoms with Crippen molar-refractivity contribution in [3.05, 3.63) is 34.6 Å². The average Bonchev–Trinajstić information content (AvgIpc) is 2.50. The van der Waals surface area contributed by atoms with Gasteiger partial charge in [0.15, 0.2) is 0 Å². The lowest BCUT2D eigenvalue weighted by Crippen LogP contribution is -2.40. The first kappa shape index (κ1) is 16.8. The quantitative estimate of drug-likeness (QED) is 0.760. The normalized spacial score (nSPS) is 24.0. The van der Waals surface area contributed by atoms with Crippen LogP contribution < -0.4 is 5.32 Å². The van der Waals surface area contributed by atoms with Gasteiger partial charge in [0.2, 0.25) is 0 Å². The fourth-order valence-electron chi connectivity index (χ4n) is 3.67. The summed E-state index contributed by atoms with van der Waals surface area (Å²) < 4.78 is 14.0. The Kier molecular flexibility index (Phi) is 6.50. The lowest BCUT2D eigenvalue weighted by Gasteiger charge is -2.35. The number of hydrogen-bond acceptors (Lipinski definition) is 1. The number of benzene rings is 1. The number of nitrogens with one attached hydrogen (secondary N) is 1. The Morgan fingerprint density at radius 1 is 1.33 bits per heavy atom. The average molecular weight is 312 g/mol. The van der Waals surface area contributed by atoms with Crippen molar-refractivity contribution in [2.24, 2.45) is 11.8 Å². The molecular formula is C18H27ClFN. The van der Waals surface area contributed by atoms with Gasteiger partial charge in [0.25, 0.3) is 0 Å². The monoisotopic (exact) mass is 311 g/mol. The van der Waals surface area contributed by atoms with Crippen molar-refractivity contribution in [1.29, 1.82) is 0 Å². The van der Waals surface area contributed by atoms with E-state index in [1.165, 1.54) is 38.2 Å². The van der Waals surface area contributed by atoms with Crippen LogP contribution in [-0.4, -0.2) is 12.6 Å². The van der Waals surface area contributed by atoms with Gasteiger partial charge in [-0.25, -0.2) is 4.39 Å². The summed E-state index contributed by atoms with van der Waals surface area (Å²) in [4.78, 5) is 0. The van der Waals surface area contributed by atoms with E-state index in [9.17, 15) is 4.39 Å². The molecule has 3 unspecified atom stereocenters. The molecular weight excluding hydrogens is 285 g/mol. The van der Waals surface area contributed by atoms with Crippen LogP contribution >= 0.6 is 11.6 Å². The molecule has 1 aromatic carbocycles. The van der Waals surface area contributed by atoms with E-state index in [4.69, 9.17) is 11.6 Å². The molecule has 1 saturated carbocycles. The highest BCUT2D eigenvalue weighted by atomic mass is 35.5. The molecule has 2 rings (SSSR count). The van der Waals surface area contributed by atoms with Crippen LogP contribution in [0.15, 0.2) is 18.2 Å². The molecule has 3 atom stereocenters. The SMILES string of the molecule is CCNC(Cc1cc(Cl)ccc1F)C1CCCC(CC)C1. The smallest absolute Gasteiger partial charge is 0.126 e. The molecule has 1 aromatic rings. The van der Waals surface area contributed by atoms with Crippen LogP contribution in [-0.2, 0) is 6.42 Å². The lowest BCUT2D eigenvalue weighted by molar-refractivity contribution is 0.208. The first-order valence-electron chi connectivity index (χ1n) is 8.31. The summed E-state index contributed by atoms with van der Waals surface area (Å²) in [5, 5.41) is 4.20. The van der Waals surface area contributed by atoms with Gasteiger partial charge in [-0.2, -0.15) is 0 Å². The minimum Gasteiger partial charge on any atom is -0.314 e. The van der Waals surface area contributed by atoms with E-state index in [0.717, 1.165) is 24.4 Å². The van der Waals surface area contributed by atoms with Gasteiger partial charge in [-0.3, -0.25) is 0 Å². The van der Waals surface area contributed by atoms with Gasteiger partial charge in [0, 0.05) is 11.1 Å². The van der Waals surface area contributed by atoms with E-state index in [0.29, 0.717) is 17.0 Å². The Balaban J connectivity index is 2.09. The minimum absolute atomic E-state index is 0.134. The molecule has 1 fully saturated rings. The van der Waals surface area contributed by atoms with Crippen molar-refractivity contribution in [3.8, 4) is 0 Å². The van der Waals surface area contributed by atoms with Gasteiger partial charge in [-0.1, -0.05) is 44.7 Å². The molecule has 0 aliphatic heterocycles. The summed E-state index contributed by atoms with van der Waals surface area (Å²) in [6, 6.07) is 5.24. The highest BCUT2D eigenvalue weighted by Crippen LogP contribution is 2.34. The number of hydrogen-bond donors (Lipinski definition) is 1. The summed E-state index contributed by atoms with van der Waals surface area (Å²) >= 11 is 6.02. The molecule has 0 aromatic heterocycles. The van der Waals surface area contributed by atoms with Gasteiger partial charge < -0.3 is 5.32 Å². The third-order valence-electron chi connectivity index (χ3n) is 4.88. The molecule has 1 aliphatic rings. The molecule has 1 aliphatic carbocycles. The number of rotatable bonds is 6. The van der Waals surface area contributed by atoms with Crippen molar-refractivity contribution in [2.75, 3.05) is 6.54 Å². The summed E-state index contributed by atoms with van der Waals surface area (Å²) in [7, 11) is 0. The third kappa shape index (κ3) is 4.69. The first-order valence-corrected chi connectivity index (χ1v) is 8.69. The largest absolute Gasteiger partial charge is 0.314 e. The molecule has 1 nitrogen and oxygen atoms in total. The zero-order valence-electron chi connectivity index (χ0n) is 13.2. The van der Waals surface area contributed by atoms with Crippen LogP contribution in [0.25, 0.3) is 0 Å². The van der Waals surface area contributed by atoms with Crippen molar-refractivity contribution in [3.63, 3.8) is 0 Å². The van der Waals surface area contributed by atoms with E-state index < -0.39 is 0 Å². The second-order valence-corrected chi connectivity index (χ2v) is 6.74. The molecule has 0 amide bonds. The highest BCUT2D eigenvalue weighted by molar-refractivity contribution is 6.30. The maximum absolute atomic E-state index is 14.0. The van der Waals surface area contributed by atoms with Gasteiger partial charge >= 0.3 is 0 Å². The van der Waals surface area contributed by atoms with Crippen molar-refractivity contribution in [1.82, 2.24) is 5.32 Å². The van der Waals surface area contributed by atoms with E-state index in [1.54, 1.807) is 12.1 Å². The van der Waals surface area contributed by atoms with E-state index >= 15 is 0 Å². The fraction of sp³-hybridized carbons (Fsp3) is 0.667. The van der Waals surface area contributed by atoms with Gasteiger partial charge in [0.1, 0.15) is 5.82 Å². The Bertz CT molecular complexity index is 449. The Labute approximate surface area is 133 Å². The van der Waals surface area contributed by atoms with Gasteiger partial charge in [-0.15, -0.1) is 0 Å². The lowest BCUT2D eigenvalue weighted by atomic mass is 9.75. The van der Waals surface area contributed by atoms with E-state index in [2.05, 4.69) is 19.2 Å². The number of likely N-dealkylation sites (N-methyl/N-ethyl adjacent to an activating group) is 1. The second-order valence-electron chi connectivity index (χ2n) is 6.30. The Morgan fingerprint density at radius 3 is 2.86 bits per heavy atom. The summed E-state index contributed by atoms with van der Waals surface area (Å²) in [5.41, 5.74) is 0.743. The third-order valence-corrected chi connectivity index (χ3v) is 5.12. The minimum atomic E-state index is -0.134. The molecule has 0 saturated heterocycles. The van der Waals surface area contributed by atoms with Crippen LogP contribution in [0.5, 0.6) is 0 Å². The van der Waals surface area contributed by atoms with Crippen LogP contribution in [0.3, 0.4) is 0 Å². The van der Waals surface area contributed by atoms with E-state index in [-0.39, 0.29) is 5.82 Å². The Morgan fingerprint density at radius 2 is 2.14 bits per heavy atom. The summed E-state index contributed by atoms with van der Waals surface area (Å²) in [6.07, 6.45) is 7.20.